The standard InChI is InChI=1S/C12H15O2/c1-12(2)8-7-9-10(13-3)5-4-6-11(9)14-12/h4-7H,8H2,1-3H3. The highest BCUT2D eigenvalue weighted by Crippen LogP contribution is 2.38. The van der Waals surface area contributed by atoms with Crippen molar-refractivity contribution < 1.29 is 9.47 Å². The molecule has 2 heteroatoms. The van der Waals surface area contributed by atoms with E-state index >= 15 is 0 Å². The van der Waals surface area contributed by atoms with E-state index < -0.39 is 0 Å². The van der Waals surface area contributed by atoms with Crippen LogP contribution >= 0.6 is 0 Å². The van der Waals surface area contributed by atoms with Crippen molar-refractivity contribution in [2.45, 2.75) is 25.9 Å². The predicted octanol–water partition coefficient (Wildman–Crippen LogP) is 2.81. The highest BCUT2D eigenvalue weighted by atomic mass is 16.5. The molecule has 1 aliphatic rings. The van der Waals surface area contributed by atoms with Gasteiger partial charge in [-0.15, -0.1) is 0 Å². The third-order valence-electron chi connectivity index (χ3n) is 2.43. The van der Waals surface area contributed by atoms with E-state index in [1.807, 2.05) is 18.2 Å². The Morgan fingerprint density at radius 2 is 2.14 bits per heavy atom. The van der Waals surface area contributed by atoms with Crippen LogP contribution < -0.4 is 9.47 Å². The van der Waals surface area contributed by atoms with Gasteiger partial charge in [0, 0.05) is 12.0 Å². The van der Waals surface area contributed by atoms with Gasteiger partial charge in [0.1, 0.15) is 17.1 Å². The molecule has 0 saturated carbocycles. The van der Waals surface area contributed by atoms with Gasteiger partial charge in [-0.25, -0.2) is 0 Å². The van der Waals surface area contributed by atoms with Crippen LogP contribution in [0.5, 0.6) is 11.5 Å². The topological polar surface area (TPSA) is 18.5 Å². The number of ether oxygens (including phenoxy) is 2. The predicted molar refractivity (Wildman–Crippen MR) is 55.7 cm³/mol. The van der Waals surface area contributed by atoms with Gasteiger partial charge in [0.15, 0.2) is 0 Å². The van der Waals surface area contributed by atoms with E-state index in [1.54, 1.807) is 7.11 Å². The first kappa shape index (κ1) is 9.38. The Hall–Kier alpha value is -1.18. The van der Waals surface area contributed by atoms with E-state index in [-0.39, 0.29) is 5.60 Å². The van der Waals surface area contributed by atoms with Crippen LogP contribution in [0.25, 0.3) is 0 Å². The summed E-state index contributed by atoms with van der Waals surface area (Å²) in [5, 5.41) is 0. The van der Waals surface area contributed by atoms with Gasteiger partial charge in [0.2, 0.25) is 0 Å². The van der Waals surface area contributed by atoms with Gasteiger partial charge in [0.25, 0.3) is 0 Å². The van der Waals surface area contributed by atoms with Crippen LogP contribution in [-0.2, 0) is 0 Å². The maximum atomic E-state index is 5.85. The van der Waals surface area contributed by atoms with Crippen LogP contribution in [0.3, 0.4) is 0 Å². The fraction of sp³-hybridized carbons (Fsp3) is 0.417. The molecule has 0 aliphatic carbocycles. The van der Waals surface area contributed by atoms with Crippen molar-refractivity contribution >= 4 is 0 Å². The Labute approximate surface area is 84.8 Å². The molecule has 0 amide bonds. The van der Waals surface area contributed by atoms with Gasteiger partial charge in [-0.2, -0.15) is 0 Å². The van der Waals surface area contributed by atoms with Crippen LogP contribution in [0.15, 0.2) is 18.2 Å². The zero-order valence-electron chi connectivity index (χ0n) is 8.83. The molecule has 1 aromatic rings. The van der Waals surface area contributed by atoms with Gasteiger partial charge in [-0.1, -0.05) is 6.07 Å². The minimum atomic E-state index is -0.0979. The molecule has 0 fully saturated rings. The largest absolute Gasteiger partial charge is 0.496 e. The summed E-state index contributed by atoms with van der Waals surface area (Å²) >= 11 is 0. The molecule has 1 aliphatic heterocycles. The lowest BCUT2D eigenvalue weighted by Gasteiger charge is -2.32. The quantitative estimate of drug-likeness (QED) is 0.679. The Kier molecular flexibility index (Phi) is 2.14. The number of hydrogen-bond donors (Lipinski definition) is 0. The lowest BCUT2D eigenvalue weighted by atomic mass is 9.94. The molecular formula is C12H15O2. The molecule has 0 N–H and O–H groups in total. The molecule has 0 aromatic heterocycles. The highest BCUT2D eigenvalue weighted by Gasteiger charge is 2.28. The van der Waals surface area contributed by atoms with Crippen LogP contribution in [0.4, 0.5) is 0 Å². The van der Waals surface area contributed by atoms with E-state index in [2.05, 4.69) is 20.3 Å². The third kappa shape index (κ3) is 1.57. The molecule has 0 unspecified atom stereocenters. The Morgan fingerprint density at radius 3 is 2.86 bits per heavy atom. The van der Waals surface area contributed by atoms with Crippen LogP contribution in [0, 0.1) is 6.42 Å². The first-order valence-electron chi connectivity index (χ1n) is 4.82. The van der Waals surface area contributed by atoms with Gasteiger partial charge in [-0.3, -0.25) is 0 Å². The zero-order valence-corrected chi connectivity index (χ0v) is 8.83. The zero-order chi connectivity index (χ0) is 10.2. The summed E-state index contributed by atoms with van der Waals surface area (Å²) < 4.78 is 11.1. The van der Waals surface area contributed by atoms with E-state index in [1.165, 1.54) is 0 Å². The Bertz CT molecular complexity index is 342. The van der Waals surface area contributed by atoms with Crippen molar-refractivity contribution in [3.8, 4) is 11.5 Å². The van der Waals surface area contributed by atoms with E-state index in [9.17, 15) is 0 Å². The maximum absolute atomic E-state index is 5.85. The van der Waals surface area contributed by atoms with Gasteiger partial charge in [0.05, 0.1) is 7.11 Å². The summed E-state index contributed by atoms with van der Waals surface area (Å²) in [5.41, 5.74) is 0.980. The molecule has 2 rings (SSSR count). The number of benzene rings is 1. The maximum Gasteiger partial charge on any atom is 0.127 e. The van der Waals surface area contributed by atoms with Crippen molar-refractivity contribution in [3.63, 3.8) is 0 Å². The number of hydrogen-bond acceptors (Lipinski definition) is 2. The lowest BCUT2D eigenvalue weighted by molar-refractivity contribution is 0.0979. The van der Waals surface area contributed by atoms with E-state index in [0.29, 0.717) is 0 Å². The number of fused-ring (bicyclic) bond motifs is 1. The van der Waals surface area contributed by atoms with Crippen LogP contribution in [0.2, 0.25) is 0 Å². The van der Waals surface area contributed by atoms with Crippen molar-refractivity contribution in [3.05, 3.63) is 30.2 Å². The van der Waals surface area contributed by atoms with Crippen LogP contribution in [0.1, 0.15) is 25.8 Å². The summed E-state index contributed by atoms with van der Waals surface area (Å²) in [7, 11) is 1.68. The molecule has 2 nitrogen and oxygen atoms in total. The van der Waals surface area contributed by atoms with Crippen LogP contribution in [-0.4, -0.2) is 12.7 Å². The summed E-state index contributed by atoms with van der Waals surface area (Å²) in [6.07, 6.45) is 3.10. The van der Waals surface area contributed by atoms with Gasteiger partial charge < -0.3 is 9.47 Å². The minimum absolute atomic E-state index is 0.0979. The van der Waals surface area contributed by atoms with Crippen molar-refractivity contribution in [2.24, 2.45) is 0 Å². The molecular weight excluding hydrogens is 176 g/mol. The number of rotatable bonds is 1. The first-order chi connectivity index (χ1) is 6.62. The molecule has 1 radical (unpaired) electrons. The molecule has 0 atom stereocenters. The fourth-order valence-electron chi connectivity index (χ4n) is 1.68. The Balaban J connectivity index is 2.40. The second kappa shape index (κ2) is 3.19. The van der Waals surface area contributed by atoms with Crippen molar-refractivity contribution in [2.75, 3.05) is 7.11 Å². The monoisotopic (exact) mass is 191 g/mol. The molecule has 1 aromatic carbocycles. The number of methoxy groups -OCH3 is 1. The van der Waals surface area contributed by atoms with Gasteiger partial charge in [-0.05, 0) is 32.4 Å². The van der Waals surface area contributed by atoms with Crippen molar-refractivity contribution in [1.82, 2.24) is 0 Å². The molecule has 75 valence electrons. The lowest BCUT2D eigenvalue weighted by Crippen LogP contribution is -2.31. The highest BCUT2D eigenvalue weighted by molar-refractivity contribution is 5.51. The average molecular weight is 191 g/mol. The van der Waals surface area contributed by atoms with E-state index in [4.69, 9.17) is 9.47 Å². The third-order valence-corrected chi connectivity index (χ3v) is 2.43. The summed E-state index contributed by atoms with van der Waals surface area (Å²) in [6.45, 7) is 4.18. The molecule has 0 saturated heterocycles. The first-order valence-corrected chi connectivity index (χ1v) is 4.82. The smallest absolute Gasteiger partial charge is 0.127 e. The Morgan fingerprint density at radius 1 is 1.36 bits per heavy atom. The van der Waals surface area contributed by atoms with Crippen molar-refractivity contribution in [1.29, 1.82) is 0 Å². The molecule has 0 spiro atoms. The summed E-state index contributed by atoms with van der Waals surface area (Å²) in [6, 6.07) is 5.89. The normalized spacial score (nSPS) is 18.2. The molecule has 0 bridgehead atoms. The summed E-state index contributed by atoms with van der Waals surface area (Å²) in [4.78, 5) is 0. The SMILES string of the molecule is COc1cccc2c1[CH]CC(C)(C)O2. The summed E-state index contributed by atoms with van der Waals surface area (Å²) in [5.74, 6) is 1.80. The minimum Gasteiger partial charge on any atom is -0.496 e. The average Bonchev–Trinajstić information content (AvgIpc) is 2.15. The molecule has 1 heterocycles. The fourth-order valence-corrected chi connectivity index (χ4v) is 1.68. The van der Waals surface area contributed by atoms with Gasteiger partial charge >= 0.3 is 0 Å². The van der Waals surface area contributed by atoms with E-state index in [0.717, 1.165) is 23.5 Å². The second-order valence-corrected chi connectivity index (χ2v) is 4.14. The molecule has 14 heavy (non-hydrogen) atoms. The second-order valence-electron chi connectivity index (χ2n) is 4.14.